The molecule has 9 heteroatoms. The molecule has 1 aliphatic carbocycles. The summed E-state index contributed by atoms with van der Waals surface area (Å²) in [5.41, 5.74) is 9.22. The lowest BCUT2D eigenvalue weighted by atomic mass is 9.94. The number of anilines is 2. The molecule has 2 amide bonds. The summed E-state index contributed by atoms with van der Waals surface area (Å²) in [4.78, 5) is 47.9. The highest BCUT2D eigenvalue weighted by atomic mass is 16.4. The Kier molecular flexibility index (Phi) is 8.01. The van der Waals surface area contributed by atoms with E-state index in [0.29, 0.717) is 29.1 Å². The van der Waals surface area contributed by atoms with Crippen molar-refractivity contribution >= 4 is 51.0 Å². The number of benzene rings is 3. The highest BCUT2D eigenvalue weighted by molar-refractivity contribution is 6.12. The number of carbonyl (C=O) groups excluding carboxylic acids is 2. The van der Waals surface area contributed by atoms with Gasteiger partial charge in [-0.25, -0.2) is 14.8 Å². The van der Waals surface area contributed by atoms with E-state index in [-0.39, 0.29) is 28.3 Å². The van der Waals surface area contributed by atoms with Crippen molar-refractivity contribution in [3.05, 3.63) is 107 Å². The molecule has 0 bridgehead atoms. The van der Waals surface area contributed by atoms with Crippen molar-refractivity contribution < 1.29 is 19.5 Å². The van der Waals surface area contributed by atoms with Crippen molar-refractivity contribution in [1.82, 2.24) is 15.3 Å². The quantitative estimate of drug-likeness (QED) is 0.150. The fourth-order valence-electron chi connectivity index (χ4n) is 5.63. The number of rotatable bonds is 8. The van der Waals surface area contributed by atoms with Crippen LogP contribution in [0.3, 0.4) is 0 Å². The van der Waals surface area contributed by atoms with Crippen molar-refractivity contribution in [2.45, 2.75) is 32.1 Å². The number of carbonyl (C=O) groups is 3. The van der Waals surface area contributed by atoms with E-state index in [9.17, 15) is 19.5 Å². The lowest BCUT2D eigenvalue weighted by Crippen LogP contribution is -2.25. The zero-order valence-electron chi connectivity index (χ0n) is 24.0. The van der Waals surface area contributed by atoms with E-state index in [1.807, 2.05) is 18.2 Å². The number of nitrogen functional groups attached to an aromatic ring is 1. The molecule has 0 spiro atoms. The minimum Gasteiger partial charge on any atom is -0.478 e. The van der Waals surface area contributed by atoms with Crippen LogP contribution in [0.4, 0.5) is 11.5 Å². The summed E-state index contributed by atoms with van der Waals surface area (Å²) in [6.45, 7) is 0.478. The predicted molar refractivity (Wildman–Crippen MR) is 172 cm³/mol. The fourth-order valence-corrected chi connectivity index (χ4v) is 5.63. The molecule has 0 aliphatic heterocycles. The van der Waals surface area contributed by atoms with Gasteiger partial charge in [-0.1, -0.05) is 35.9 Å². The summed E-state index contributed by atoms with van der Waals surface area (Å²) in [6, 6.07) is 20.6. The highest BCUT2D eigenvalue weighted by Crippen LogP contribution is 2.32. The molecule has 220 valence electrons. The van der Waals surface area contributed by atoms with E-state index in [1.165, 1.54) is 24.5 Å². The van der Waals surface area contributed by atoms with Crippen LogP contribution in [0, 0.1) is 0 Å². The van der Waals surface area contributed by atoms with Gasteiger partial charge < -0.3 is 21.5 Å². The number of fused-ring (bicyclic) bond motifs is 2. The van der Waals surface area contributed by atoms with Gasteiger partial charge in [-0.2, -0.15) is 0 Å². The SMILES string of the molecule is Nc1nccc2cc(NC(=O)c3nc4ccccc4cc3-c3ccc(C(=O)NCCC4=CCCCC4)cc3C(=O)O)ccc12. The third-order valence-corrected chi connectivity index (χ3v) is 7.91. The van der Waals surface area contributed by atoms with E-state index >= 15 is 0 Å². The van der Waals surface area contributed by atoms with Gasteiger partial charge in [0.05, 0.1) is 11.1 Å². The van der Waals surface area contributed by atoms with E-state index < -0.39 is 11.9 Å². The van der Waals surface area contributed by atoms with Crippen LogP contribution in [-0.4, -0.2) is 39.4 Å². The topological polar surface area (TPSA) is 147 Å². The van der Waals surface area contributed by atoms with Gasteiger partial charge >= 0.3 is 5.97 Å². The first kappa shape index (κ1) is 28.5. The molecule has 0 unspecified atom stereocenters. The molecule has 9 nitrogen and oxygen atoms in total. The number of hydrogen-bond acceptors (Lipinski definition) is 6. The van der Waals surface area contributed by atoms with Crippen molar-refractivity contribution in [3.8, 4) is 11.1 Å². The molecule has 3 aromatic carbocycles. The molecule has 2 heterocycles. The Hall–Kier alpha value is -5.57. The van der Waals surface area contributed by atoms with Crippen LogP contribution < -0.4 is 16.4 Å². The molecule has 0 saturated carbocycles. The number of carboxylic acid groups (broad SMARTS) is 1. The first-order chi connectivity index (χ1) is 21.4. The number of aromatic carboxylic acids is 1. The average Bonchev–Trinajstić information content (AvgIpc) is 3.04. The Morgan fingerprint density at radius 3 is 2.57 bits per heavy atom. The molecule has 5 aromatic rings. The number of carboxylic acids is 1. The van der Waals surface area contributed by atoms with Gasteiger partial charge in [0.2, 0.25) is 0 Å². The zero-order valence-corrected chi connectivity index (χ0v) is 24.0. The molecule has 0 fully saturated rings. The number of nitrogens with zero attached hydrogens (tertiary/aromatic N) is 2. The number of allylic oxidation sites excluding steroid dienone is 1. The maximum Gasteiger partial charge on any atom is 0.336 e. The van der Waals surface area contributed by atoms with Gasteiger partial charge in [-0.05, 0) is 91.6 Å². The van der Waals surface area contributed by atoms with Crippen molar-refractivity contribution in [2.75, 3.05) is 17.6 Å². The number of para-hydroxylation sites is 1. The number of pyridine rings is 2. The van der Waals surface area contributed by atoms with Crippen molar-refractivity contribution in [2.24, 2.45) is 0 Å². The van der Waals surface area contributed by atoms with Crippen LogP contribution in [0.5, 0.6) is 0 Å². The smallest absolute Gasteiger partial charge is 0.336 e. The summed E-state index contributed by atoms with van der Waals surface area (Å²) < 4.78 is 0. The molecular weight excluding hydrogens is 554 g/mol. The third-order valence-electron chi connectivity index (χ3n) is 7.91. The molecule has 1 aliphatic rings. The maximum absolute atomic E-state index is 13.7. The Morgan fingerprint density at radius 1 is 0.886 bits per heavy atom. The maximum atomic E-state index is 13.7. The number of hydrogen-bond donors (Lipinski definition) is 4. The number of aromatic nitrogens is 2. The molecular formula is C35H31N5O4. The van der Waals surface area contributed by atoms with Crippen LogP contribution >= 0.6 is 0 Å². The second kappa shape index (κ2) is 12.3. The van der Waals surface area contributed by atoms with Gasteiger partial charge in [0.1, 0.15) is 11.5 Å². The zero-order chi connectivity index (χ0) is 30.6. The lowest BCUT2D eigenvalue weighted by Gasteiger charge is -2.15. The highest BCUT2D eigenvalue weighted by Gasteiger charge is 2.23. The molecule has 5 N–H and O–H groups in total. The fraction of sp³-hybridized carbons (Fsp3) is 0.171. The number of amides is 2. The average molecular weight is 586 g/mol. The Bertz CT molecular complexity index is 1970. The second-order valence-electron chi connectivity index (χ2n) is 10.8. The van der Waals surface area contributed by atoms with Crippen molar-refractivity contribution in [3.63, 3.8) is 0 Å². The molecule has 0 radical (unpaired) electrons. The Labute approximate surface area is 253 Å². The largest absolute Gasteiger partial charge is 0.478 e. The standard InChI is InChI=1S/C35H31N5O4/c36-32-26-13-11-25(18-22(26)15-17-37-32)39-34(42)31-28(19-23-8-4-5-9-30(23)40-31)27-12-10-24(20-29(27)35(43)44)33(41)38-16-14-21-6-2-1-3-7-21/h4-6,8-13,15,17-20H,1-3,7,14,16H2,(H2,36,37)(H,38,41)(H,39,42)(H,43,44). The van der Waals surface area contributed by atoms with Gasteiger partial charge in [-0.15, -0.1) is 0 Å². The summed E-state index contributed by atoms with van der Waals surface area (Å²) in [6.07, 6.45) is 9.11. The van der Waals surface area contributed by atoms with Crippen LogP contribution in [0.25, 0.3) is 32.8 Å². The molecule has 0 saturated heterocycles. The first-order valence-electron chi connectivity index (χ1n) is 14.6. The Morgan fingerprint density at radius 2 is 1.75 bits per heavy atom. The minimum absolute atomic E-state index is 0.0542. The third kappa shape index (κ3) is 5.98. The lowest BCUT2D eigenvalue weighted by molar-refractivity contribution is 0.0697. The van der Waals surface area contributed by atoms with Gasteiger partial charge in [-0.3, -0.25) is 9.59 Å². The summed E-state index contributed by atoms with van der Waals surface area (Å²) >= 11 is 0. The number of nitrogens with one attached hydrogen (secondary N) is 2. The van der Waals surface area contributed by atoms with Crippen molar-refractivity contribution in [1.29, 1.82) is 0 Å². The normalized spacial score (nSPS) is 13.0. The Balaban J connectivity index is 1.33. The van der Waals surface area contributed by atoms with Crippen LogP contribution in [-0.2, 0) is 0 Å². The van der Waals surface area contributed by atoms with E-state index in [0.717, 1.165) is 35.4 Å². The van der Waals surface area contributed by atoms with Crippen LogP contribution in [0.1, 0.15) is 63.3 Å². The molecule has 2 aromatic heterocycles. The van der Waals surface area contributed by atoms with Gasteiger partial charge in [0, 0.05) is 40.3 Å². The first-order valence-corrected chi connectivity index (χ1v) is 14.6. The van der Waals surface area contributed by atoms with Gasteiger partial charge in [0.25, 0.3) is 11.8 Å². The molecule has 0 atom stereocenters. The van der Waals surface area contributed by atoms with Crippen LogP contribution in [0.2, 0.25) is 0 Å². The van der Waals surface area contributed by atoms with E-state index in [1.54, 1.807) is 54.7 Å². The molecule has 44 heavy (non-hydrogen) atoms. The predicted octanol–water partition coefficient (Wildman–Crippen LogP) is 6.60. The summed E-state index contributed by atoms with van der Waals surface area (Å²) in [5, 5.41) is 18.3. The minimum atomic E-state index is -1.22. The van der Waals surface area contributed by atoms with E-state index in [2.05, 4.69) is 26.7 Å². The summed E-state index contributed by atoms with van der Waals surface area (Å²) in [5.74, 6) is -1.69. The number of nitrogens with two attached hydrogens (primary N) is 1. The van der Waals surface area contributed by atoms with E-state index in [4.69, 9.17) is 5.73 Å². The van der Waals surface area contributed by atoms with Gasteiger partial charge in [0.15, 0.2) is 0 Å². The second-order valence-corrected chi connectivity index (χ2v) is 10.8. The monoisotopic (exact) mass is 585 g/mol. The molecule has 6 rings (SSSR count). The summed E-state index contributed by atoms with van der Waals surface area (Å²) in [7, 11) is 0. The van der Waals surface area contributed by atoms with Crippen LogP contribution in [0.15, 0.2) is 90.6 Å².